The van der Waals surface area contributed by atoms with Crippen LogP contribution in [0.5, 0.6) is 0 Å². The van der Waals surface area contributed by atoms with Gasteiger partial charge in [0.2, 0.25) is 5.91 Å². The minimum atomic E-state index is -0.477. The molecule has 4 aromatic rings. The average molecular weight is 406 g/mol. The number of carbonyl (C=O) groups is 1. The summed E-state index contributed by atoms with van der Waals surface area (Å²) in [5, 5.41) is 15.7. The molecule has 0 atom stereocenters. The third kappa shape index (κ3) is 3.88. The number of hydrogen-bond donors (Lipinski definition) is 1. The number of fused-ring (bicyclic) bond motifs is 1. The molecule has 2 aromatic carbocycles. The third-order valence-corrected chi connectivity index (χ3v) is 5.57. The van der Waals surface area contributed by atoms with E-state index in [4.69, 9.17) is 0 Å². The van der Waals surface area contributed by atoms with Gasteiger partial charge in [-0.2, -0.15) is 0 Å². The van der Waals surface area contributed by atoms with Gasteiger partial charge in [-0.05, 0) is 19.4 Å². The Hall–Kier alpha value is -3.52. The monoisotopic (exact) mass is 406 g/mol. The van der Waals surface area contributed by atoms with Crippen molar-refractivity contribution < 1.29 is 9.72 Å². The number of aryl methyl sites for hydroxylation is 2. The zero-order valence-electron chi connectivity index (χ0n) is 15.9. The van der Waals surface area contributed by atoms with Crippen LogP contribution in [0.25, 0.3) is 16.2 Å². The summed E-state index contributed by atoms with van der Waals surface area (Å²) >= 11 is 1.47. The van der Waals surface area contributed by atoms with Crippen LogP contribution in [0.1, 0.15) is 16.8 Å². The lowest BCUT2D eigenvalue weighted by Gasteiger charge is -2.08. The summed E-state index contributed by atoms with van der Waals surface area (Å²) in [5.74, 6) is -0.237. The van der Waals surface area contributed by atoms with Crippen LogP contribution < -0.4 is 5.32 Å². The second-order valence-corrected chi connectivity index (χ2v) is 7.69. The number of thiazole rings is 1. The summed E-state index contributed by atoms with van der Waals surface area (Å²) in [6, 6.07) is 12.6. The SMILES string of the molecule is Cc1ccc(-c2cn3c(CC(=O)Nc4cc([N+](=O)[O-])ccc4C)csc3n2)cc1. The molecule has 0 fully saturated rings. The Kier molecular flexibility index (Phi) is 4.85. The van der Waals surface area contributed by atoms with Crippen LogP contribution in [-0.2, 0) is 11.2 Å². The van der Waals surface area contributed by atoms with Gasteiger partial charge in [0, 0.05) is 35.0 Å². The van der Waals surface area contributed by atoms with E-state index in [0.29, 0.717) is 5.69 Å². The number of nitrogens with one attached hydrogen (secondary N) is 1. The first-order chi connectivity index (χ1) is 13.9. The van der Waals surface area contributed by atoms with E-state index in [-0.39, 0.29) is 18.0 Å². The van der Waals surface area contributed by atoms with E-state index in [1.165, 1.54) is 29.0 Å². The number of benzene rings is 2. The molecule has 1 N–H and O–H groups in total. The van der Waals surface area contributed by atoms with Gasteiger partial charge in [-0.25, -0.2) is 4.98 Å². The van der Waals surface area contributed by atoms with Crippen LogP contribution in [0.2, 0.25) is 0 Å². The second kappa shape index (κ2) is 7.48. The first kappa shape index (κ1) is 18.8. The molecule has 8 heteroatoms. The lowest BCUT2D eigenvalue weighted by Crippen LogP contribution is -2.16. The topological polar surface area (TPSA) is 89.5 Å². The number of nitrogens with zero attached hydrogens (tertiary/aromatic N) is 3. The second-order valence-electron chi connectivity index (χ2n) is 6.85. The lowest BCUT2D eigenvalue weighted by molar-refractivity contribution is -0.384. The van der Waals surface area contributed by atoms with Crippen molar-refractivity contribution in [2.24, 2.45) is 0 Å². The van der Waals surface area contributed by atoms with E-state index in [1.54, 1.807) is 13.0 Å². The lowest BCUT2D eigenvalue weighted by atomic mass is 10.1. The molecule has 0 radical (unpaired) electrons. The fraction of sp³-hybridized carbons (Fsp3) is 0.143. The first-order valence-electron chi connectivity index (χ1n) is 8.98. The Morgan fingerprint density at radius 2 is 1.97 bits per heavy atom. The fourth-order valence-corrected chi connectivity index (χ4v) is 3.91. The minimum absolute atomic E-state index is 0.0545. The van der Waals surface area contributed by atoms with Crippen molar-refractivity contribution in [1.29, 1.82) is 0 Å². The molecule has 146 valence electrons. The highest BCUT2D eigenvalue weighted by Gasteiger charge is 2.15. The molecule has 4 rings (SSSR count). The number of nitro groups is 1. The van der Waals surface area contributed by atoms with E-state index in [9.17, 15) is 14.9 Å². The average Bonchev–Trinajstić information content (AvgIpc) is 3.26. The molecular formula is C21H18N4O3S. The molecule has 0 unspecified atom stereocenters. The standard InChI is InChI=1S/C21H18N4O3S/c1-13-3-6-15(7-4-13)19-11-24-17(12-29-21(24)23-19)10-20(26)22-18-9-16(25(27)28)8-5-14(18)2/h3-9,11-12H,10H2,1-2H3,(H,22,26). The number of hydrogen-bond acceptors (Lipinski definition) is 5. The van der Waals surface area contributed by atoms with Crippen molar-refractivity contribution in [2.45, 2.75) is 20.3 Å². The molecule has 29 heavy (non-hydrogen) atoms. The molecule has 2 heterocycles. The number of amides is 1. The van der Waals surface area contributed by atoms with Crippen LogP contribution in [0, 0.1) is 24.0 Å². The Morgan fingerprint density at radius 3 is 2.69 bits per heavy atom. The summed E-state index contributed by atoms with van der Waals surface area (Å²) in [5.41, 5.74) is 5.04. The largest absolute Gasteiger partial charge is 0.325 e. The number of non-ortho nitro benzene ring substituents is 1. The van der Waals surface area contributed by atoms with Crippen molar-refractivity contribution in [3.63, 3.8) is 0 Å². The van der Waals surface area contributed by atoms with Crippen molar-refractivity contribution in [2.75, 3.05) is 5.32 Å². The Bertz CT molecular complexity index is 1220. The zero-order chi connectivity index (χ0) is 20.5. The Balaban J connectivity index is 1.55. The molecule has 0 saturated heterocycles. The molecule has 0 aliphatic rings. The maximum atomic E-state index is 12.6. The molecule has 2 aromatic heterocycles. The molecule has 0 saturated carbocycles. The predicted octanol–water partition coefficient (Wildman–Crippen LogP) is 4.77. The number of nitro benzene ring substituents is 1. The Labute approximate surface area is 170 Å². The minimum Gasteiger partial charge on any atom is -0.325 e. The molecule has 0 bridgehead atoms. The molecular weight excluding hydrogens is 388 g/mol. The van der Waals surface area contributed by atoms with Crippen molar-refractivity contribution in [3.05, 3.63) is 81.0 Å². The van der Waals surface area contributed by atoms with Gasteiger partial charge in [0.05, 0.1) is 22.7 Å². The quantitative estimate of drug-likeness (QED) is 0.382. The third-order valence-electron chi connectivity index (χ3n) is 4.68. The van der Waals surface area contributed by atoms with Crippen LogP contribution in [-0.4, -0.2) is 20.2 Å². The van der Waals surface area contributed by atoms with Crippen LogP contribution in [0.4, 0.5) is 11.4 Å². The Morgan fingerprint density at radius 1 is 1.21 bits per heavy atom. The van der Waals surface area contributed by atoms with Gasteiger partial charge in [0.15, 0.2) is 4.96 Å². The van der Waals surface area contributed by atoms with Gasteiger partial charge >= 0.3 is 0 Å². The molecule has 7 nitrogen and oxygen atoms in total. The first-order valence-corrected chi connectivity index (χ1v) is 9.86. The number of anilines is 1. The summed E-state index contributed by atoms with van der Waals surface area (Å²) in [7, 11) is 0. The highest BCUT2D eigenvalue weighted by atomic mass is 32.1. The summed E-state index contributed by atoms with van der Waals surface area (Å²) in [4.78, 5) is 28.5. The molecule has 0 aliphatic heterocycles. The summed E-state index contributed by atoms with van der Waals surface area (Å²) < 4.78 is 1.92. The van der Waals surface area contributed by atoms with Gasteiger partial charge in [0.1, 0.15) is 0 Å². The fourth-order valence-electron chi connectivity index (χ4n) is 3.04. The van der Waals surface area contributed by atoms with E-state index in [0.717, 1.165) is 27.5 Å². The normalized spacial score (nSPS) is 11.0. The van der Waals surface area contributed by atoms with E-state index < -0.39 is 4.92 Å². The maximum absolute atomic E-state index is 12.6. The molecule has 0 spiro atoms. The number of rotatable bonds is 5. The van der Waals surface area contributed by atoms with Crippen LogP contribution in [0.15, 0.2) is 54.0 Å². The van der Waals surface area contributed by atoms with Gasteiger partial charge < -0.3 is 5.32 Å². The van der Waals surface area contributed by atoms with Gasteiger partial charge in [-0.15, -0.1) is 11.3 Å². The van der Waals surface area contributed by atoms with E-state index in [2.05, 4.69) is 10.3 Å². The number of aromatic nitrogens is 2. The van der Waals surface area contributed by atoms with Gasteiger partial charge in [-0.1, -0.05) is 35.9 Å². The smallest absolute Gasteiger partial charge is 0.271 e. The summed E-state index contributed by atoms with van der Waals surface area (Å²) in [6.07, 6.45) is 2.07. The number of carbonyl (C=O) groups excluding carboxylic acids is 1. The van der Waals surface area contributed by atoms with E-state index >= 15 is 0 Å². The maximum Gasteiger partial charge on any atom is 0.271 e. The highest BCUT2D eigenvalue weighted by Crippen LogP contribution is 2.25. The molecule has 1 amide bonds. The number of imidazole rings is 1. The highest BCUT2D eigenvalue weighted by molar-refractivity contribution is 7.15. The van der Waals surface area contributed by atoms with Crippen LogP contribution in [0.3, 0.4) is 0 Å². The molecule has 0 aliphatic carbocycles. The van der Waals surface area contributed by atoms with Crippen molar-refractivity contribution in [1.82, 2.24) is 9.38 Å². The predicted molar refractivity (Wildman–Crippen MR) is 113 cm³/mol. The zero-order valence-corrected chi connectivity index (χ0v) is 16.7. The van der Waals surface area contributed by atoms with Gasteiger partial charge in [-0.3, -0.25) is 19.3 Å². The van der Waals surface area contributed by atoms with Crippen molar-refractivity contribution >= 4 is 33.6 Å². The summed E-state index contributed by atoms with van der Waals surface area (Å²) in [6.45, 7) is 3.83. The van der Waals surface area contributed by atoms with Crippen molar-refractivity contribution in [3.8, 4) is 11.3 Å². The van der Waals surface area contributed by atoms with Crippen LogP contribution >= 0.6 is 11.3 Å². The van der Waals surface area contributed by atoms with Gasteiger partial charge in [0.25, 0.3) is 5.69 Å². The van der Waals surface area contributed by atoms with E-state index in [1.807, 2.05) is 47.2 Å².